The quantitative estimate of drug-likeness (QED) is 0.0328. The van der Waals surface area contributed by atoms with Crippen LogP contribution in [0.2, 0.25) is 0 Å². The van der Waals surface area contributed by atoms with Gasteiger partial charge in [0, 0.05) is 12.8 Å². The molecule has 0 rings (SSSR count). The second-order valence-electron chi connectivity index (χ2n) is 16.1. The van der Waals surface area contributed by atoms with E-state index in [1.54, 1.807) is 0 Å². The zero-order valence-corrected chi connectivity index (χ0v) is 35.5. The van der Waals surface area contributed by atoms with E-state index in [4.69, 9.17) is 4.74 Å². The van der Waals surface area contributed by atoms with E-state index in [1.807, 2.05) is 0 Å². The zero-order chi connectivity index (χ0) is 38.7. The number of carbonyl (C=O) groups excluding carboxylic acids is 2. The van der Waals surface area contributed by atoms with Gasteiger partial charge in [0.25, 0.3) is 0 Å². The lowest BCUT2D eigenvalue weighted by Crippen LogP contribution is -2.45. The number of unbranched alkanes of at least 4 members (excludes halogenated alkanes) is 30. The van der Waals surface area contributed by atoms with Crippen LogP contribution >= 0.6 is 0 Å². The number of nitrogens with one attached hydrogen (secondary N) is 1. The van der Waals surface area contributed by atoms with Gasteiger partial charge in [0.1, 0.15) is 0 Å². The average Bonchev–Trinajstić information content (AvgIpc) is 3.16. The van der Waals surface area contributed by atoms with E-state index in [0.29, 0.717) is 25.9 Å². The molecule has 0 bridgehead atoms. The van der Waals surface area contributed by atoms with Crippen LogP contribution in [-0.4, -0.2) is 47.4 Å². The minimum absolute atomic E-state index is 0.0182. The van der Waals surface area contributed by atoms with Crippen LogP contribution < -0.4 is 5.32 Å². The van der Waals surface area contributed by atoms with E-state index < -0.39 is 12.1 Å². The monoisotopic (exact) mass is 750 g/mol. The molecule has 3 N–H and O–H groups in total. The molecule has 0 aromatic carbocycles. The number of ether oxygens (including phenoxy) is 1. The average molecular weight is 750 g/mol. The lowest BCUT2D eigenvalue weighted by Gasteiger charge is -2.22. The van der Waals surface area contributed by atoms with Crippen molar-refractivity contribution in [3.05, 3.63) is 12.2 Å². The molecule has 314 valence electrons. The molecule has 1 amide bonds. The van der Waals surface area contributed by atoms with Crippen molar-refractivity contribution >= 4 is 11.9 Å². The van der Waals surface area contributed by atoms with Gasteiger partial charge in [-0.25, -0.2) is 0 Å². The Morgan fingerprint density at radius 2 is 0.887 bits per heavy atom. The highest BCUT2D eigenvalue weighted by Crippen LogP contribution is 2.15. The van der Waals surface area contributed by atoms with Crippen LogP contribution in [0.3, 0.4) is 0 Å². The number of hydrogen-bond donors (Lipinski definition) is 3. The lowest BCUT2D eigenvalue weighted by molar-refractivity contribution is -0.143. The molecule has 0 saturated carbocycles. The number of hydrogen-bond acceptors (Lipinski definition) is 5. The Bertz CT molecular complexity index is 787. The van der Waals surface area contributed by atoms with Crippen LogP contribution in [-0.2, 0) is 14.3 Å². The minimum atomic E-state index is -0.672. The van der Waals surface area contributed by atoms with Crippen LogP contribution in [0.1, 0.15) is 251 Å². The Labute approximate surface area is 329 Å². The van der Waals surface area contributed by atoms with Crippen LogP contribution in [0.5, 0.6) is 0 Å². The molecule has 6 nitrogen and oxygen atoms in total. The van der Waals surface area contributed by atoms with Crippen molar-refractivity contribution in [1.29, 1.82) is 0 Å². The molecule has 0 aliphatic rings. The molecular formula is C47H91NO5. The van der Waals surface area contributed by atoms with Crippen molar-refractivity contribution in [3.63, 3.8) is 0 Å². The molecule has 0 fully saturated rings. The molecule has 2 atom stereocenters. The summed E-state index contributed by atoms with van der Waals surface area (Å²) in [5.74, 6) is -0.0711. The summed E-state index contributed by atoms with van der Waals surface area (Å²) in [5, 5.41) is 23.1. The number of aliphatic hydroxyl groups is 2. The van der Waals surface area contributed by atoms with Crippen molar-refractivity contribution in [2.45, 2.75) is 264 Å². The molecule has 0 aromatic rings. The number of aliphatic hydroxyl groups excluding tert-OH is 2. The lowest BCUT2D eigenvalue weighted by atomic mass is 10.0. The fourth-order valence-electron chi connectivity index (χ4n) is 7.16. The Morgan fingerprint density at radius 1 is 0.509 bits per heavy atom. The number of rotatable bonds is 43. The molecular weight excluding hydrogens is 659 g/mol. The van der Waals surface area contributed by atoms with E-state index in [2.05, 4.69) is 31.3 Å². The molecule has 0 heterocycles. The summed E-state index contributed by atoms with van der Waals surface area (Å²) in [6.45, 7) is 4.88. The van der Waals surface area contributed by atoms with Gasteiger partial charge in [-0.2, -0.15) is 0 Å². The molecule has 0 spiro atoms. The summed E-state index contributed by atoms with van der Waals surface area (Å²) in [6.07, 6.45) is 47.4. The standard InChI is InChI=1S/C47H91NO5/c1-3-5-7-9-11-13-15-16-17-21-25-29-33-37-41-47(52)53-42-38-34-30-26-22-19-18-20-24-28-32-36-40-46(51)48-44(43-49)45(50)39-35-31-27-23-14-12-10-8-6-4-2/h15-16,44-45,49-50H,3-14,17-43H2,1-2H3,(H,48,51)/b16-15-. The van der Waals surface area contributed by atoms with Gasteiger partial charge < -0.3 is 20.3 Å². The van der Waals surface area contributed by atoms with Gasteiger partial charge in [0.05, 0.1) is 25.4 Å². The minimum Gasteiger partial charge on any atom is -0.466 e. The van der Waals surface area contributed by atoms with Gasteiger partial charge in [0.2, 0.25) is 5.91 Å². The molecule has 6 heteroatoms. The molecule has 0 aliphatic heterocycles. The third kappa shape index (κ3) is 40.1. The maximum atomic E-state index is 12.4. The van der Waals surface area contributed by atoms with Gasteiger partial charge in [-0.05, 0) is 51.4 Å². The van der Waals surface area contributed by atoms with E-state index in [-0.39, 0.29) is 18.5 Å². The third-order valence-corrected chi connectivity index (χ3v) is 10.8. The normalized spacial score (nSPS) is 12.8. The van der Waals surface area contributed by atoms with Crippen molar-refractivity contribution in [2.75, 3.05) is 13.2 Å². The summed E-state index contributed by atoms with van der Waals surface area (Å²) in [6, 6.07) is -0.550. The van der Waals surface area contributed by atoms with Crippen LogP contribution in [0, 0.1) is 0 Å². The summed E-state index contributed by atoms with van der Waals surface area (Å²) >= 11 is 0. The maximum Gasteiger partial charge on any atom is 0.305 e. The van der Waals surface area contributed by atoms with Gasteiger partial charge in [-0.15, -0.1) is 0 Å². The highest BCUT2D eigenvalue weighted by molar-refractivity contribution is 5.76. The topological polar surface area (TPSA) is 95.9 Å². The number of esters is 1. The number of carbonyl (C=O) groups is 2. The largest absolute Gasteiger partial charge is 0.466 e. The molecule has 2 unspecified atom stereocenters. The van der Waals surface area contributed by atoms with E-state index in [9.17, 15) is 19.8 Å². The first kappa shape index (κ1) is 51.6. The van der Waals surface area contributed by atoms with Crippen molar-refractivity contribution in [2.24, 2.45) is 0 Å². The smallest absolute Gasteiger partial charge is 0.305 e. The van der Waals surface area contributed by atoms with Gasteiger partial charge in [-0.1, -0.05) is 199 Å². The Balaban J connectivity index is 3.45. The molecule has 0 saturated heterocycles. The molecule has 53 heavy (non-hydrogen) atoms. The SMILES string of the molecule is CCCCCCC/C=C\CCCCCCCC(=O)OCCCCCCCCCCCCCCC(=O)NC(CO)C(O)CCCCCCCCCCCC. The third-order valence-electron chi connectivity index (χ3n) is 10.8. The van der Waals surface area contributed by atoms with Crippen LogP contribution in [0.15, 0.2) is 12.2 Å². The fraction of sp³-hybridized carbons (Fsp3) is 0.915. The van der Waals surface area contributed by atoms with Crippen molar-refractivity contribution < 1.29 is 24.5 Å². The summed E-state index contributed by atoms with van der Waals surface area (Å²) < 4.78 is 5.44. The highest BCUT2D eigenvalue weighted by Gasteiger charge is 2.20. The van der Waals surface area contributed by atoms with Crippen molar-refractivity contribution in [3.8, 4) is 0 Å². The second-order valence-corrected chi connectivity index (χ2v) is 16.1. The Hall–Kier alpha value is -1.40. The summed E-state index contributed by atoms with van der Waals surface area (Å²) in [7, 11) is 0. The summed E-state index contributed by atoms with van der Waals surface area (Å²) in [5.41, 5.74) is 0. The van der Waals surface area contributed by atoms with Crippen molar-refractivity contribution in [1.82, 2.24) is 5.32 Å². The van der Waals surface area contributed by atoms with Gasteiger partial charge in [-0.3, -0.25) is 9.59 Å². The predicted octanol–water partition coefficient (Wildman–Crippen LogP) is 13.4. The molecule has 0 radical (unpaired) electrons. The first-order valence-electron chi connectivity index (χ1n) is 23.4. The van der Waals surface area contributed by atoms with Gasteiger partial charge >= 0.3 is 5.97 Å². The second kappa shape index (κ2) is 43.3. The number of allylic oxidation sites excluding steroid dienone is 2. The molecule has 0 aromatic heterocycles. The predicted molar refractivity (Wildman–Crippen MR) is 227 cm³/mol. The highest BCUT2D eigenvalue weighted by atomic mass is 16.5. The first-order valence-corrected chi connectivity index (χ1v) is 23.4. The zero-order valence-electron chi connectivity index (χ0n) is 35.5. The fourth-order valence-corrected chi connectivity index (χ4v) is 7.16. The Kier molecular flexibility index (Phi) is 42.2. The first-order chi connectivity index (χ1) is 26.0. The van der Waals surface area contributed by atoms with Crippen LogP contribution in [0.25, 0.3) is 0 Å². The maximum absolute atomic E-state index is 12.4. The van der Waals surface area contributed by atoms with E-state index in [0.717, 1.165) is 57.8 Å². The van der Waals surface area contributed by atoms with Gasteiger partial charge in [0.15, 0.2) is 0 Å². The van der Waals surface area contributed by atoms with E-state index >= 15 is 0 Å². The summed E-state index contributed by atoms with van der Waals surface area (Å²) in [4.78, 5) is 24.4. The van der Waals surface area contributed by atoms with E-state index in [1.165, 1.54) is 161 Å². The Morgan fingerprint density at radius 3 is 1.34 bits per heavy atom. The molecule has 0 aliphatic carbocycles. The number of amides is 1. The van der Waals surface area contributed by atoms with Crippen LogP contribution in [0.4, 0.5) is 0 Å².